The molecule has 336 valence electrons. The van der Waals surface area contributed by atoms with Gasteiger partial charge < -0.3 is 14.5 Å². The van der Waals surface area contributed by atoms with Crippen LogP contribution in [0.3, 0.4) is 0 Å². The third-order valence-corrected chi connectivity index (χ3v) is 13.4. The van der Waals surface area contributed by atoms with Crippen molar-refractivity contribution in [3.8, 4) is 39.6 Å². The predicted octanol–water partition coefficient (Wildman–Crippen LogP) is 17.1. The first-order valence-electron chi connectivity index (χ1n) is 25.0. The minimum Gasteiger partial charge on any atom is -0.457 e. The van der Waals surface area contributed by atoms with E-state index >= 15 is 0 Å². The summed E-state index contributed by atoms with van der Waals surface area (Å²) in [4.78, 5) is 9.78. The summed E-state index contributed by atoms with van der Waals surface area (Å²) in [6.45, 7) is 20.4. The monoisotopic (exact) mass is 882 g/mol. The molecule has 0 bridgehead atoms. The van der Waals surface area contributed by atoms with Crippen molar-refractivity contribution in [3.63, 3.8) is 0 Å². The van der Waals surface area contributed by atoms with Gasteiger partial charge in [0.05, 0.1) is 22.4 Å². The van der Waals surface area contributed by atoms with Gasteiger partial charge in [-0.05, 0) is 153 Å². The standard InChI is InChI=1S/C62H62N4O/c1-40-30-45(60(3,4)5)31-41(2)59(40)44-28-29-63-58(33-44)66-54-27-24-43(42-18-13-12-14-19-42)32-53(54)52-26-25-51(38-57(52)66)67-50-21-17-20-48(37-50)64-39-65(56-23-16-15-22-55(56)64)49-35-46(61(6,7)8)34-47(36-49)62(9,10)11/h12-38H,39H2,1-11H3/i1D3. The highest BCUT2D eigenvalue weighted by Crippen LogP contribution is 2.47. The normalized spacial score (nSPS) is 14.0. The molecular formula is C62H62N4O. The highest BCUT2D eigenvalue weighted by molar-refractivity contribution is 6.11. The van der Waals surface area contributed by atoms with Crippen molar-refractivity contribution >= 4 is 44.6 Å². The number of aromatic nitrogens is 2. The van der Waals surface area contributed by atoms with E-state index in [9.17, 15) is 0 Å². The molecule has 0 N–H and O–H groups in total. The largest absolute Gasteiger partial charge is 0.457 e. The van der Waals surface area contributed by atoms with E-state index in [1.165, 1.54) is 16.8 Å². The lowest BCUT2D eigenvalue weighted by molar-refractivity contribution is 0.483. The summed E-state index contributed by atoms with van der Waals surface area (Å²) in [5.74, 6) is 2.08. The van der Waals surface area contributed by atoms with Crippen LogP contribution in [0.1, 0.15) is 94.2 Å². The Hall–Kier alpha value is -7.11. The molecule has 0 spiro atoms. The number of hydrogen-bond acceptors (Lipinski definition) is 4. The van der Waals surface area contributed by atoms with Crippen LogP contribution in [0.2, 0.25) is 0 Å². The van der Waals surface area contributed by atoms with Crippen LogP contribution in [0.4, 0.5) is 22.7 Å². The second-order valence-electron chi connectivity index (χ2n) is 21.3. The molecule has 0 unspecified atom stereocenters. The zero-order chi connectivity index (χ0) is 49.5. The van der Waals surface area contributed by atoms with E-state index in [1.54, 1.807) is 6.20 Å². The molecule has 7 aromatic carbocycles. The molecule has 5 heteroatoms. The van der Waals surface area contributed by atoms with Crippen molar-refractivity contribution in [3.05, 3.63) is 192 Å². The Morgan fingerprint density at radius 2 is 1.13 bits per heavy atom. The number of fused-ring (bicyclic) bond motifs is 4. The van der Waals surface area contributed by atoms with Gasteiger partial charge in [0, 0.05) is 44.6 Å². The summed E-state index contributed by atoms with van der Waals surface area (Å²) in [6, 6.07) is 55.3. The maximum absolute atomic E-state index is 8.66. The Kier molecular flexibility index (Phi) is 9.80. The second-order valence-corrected chi connectivity index (χ2v) is 21.3. The summed E-state index contributed by atoms with van der Waals surface area (Å²) in [5.41, 5.74) is 14.8. The summed E-state index contributed by atoms with van der Waals surface area (Å²) in [7, 11) is 0. The maximum atomic E-state index is 8.66. The van der Waals surface area contributed by atoms with Crippen LogP contribution in [0, 0.1) is 13.8 Å². The molecule has 0 amide bonds. The molecule has 1 aliphatic heterocycles. The fourth-order valence-electron chi connectivity index (χ4n) is 9.56. The molecule has 67 heavy (non-hydrogen) atoms. The van der Waals surface area contributed by atoms with Gasteiger partial charge >= 0.3 is 0 Å². The Bertz CT molecular complexity index is 3430. The SMILES string of the molecule is [2H]C([2H])([2H])c1cc(C(C)(C)C)cc(C)c1-c1ccnc(-n2c3ccc(-c4ccccc4)cc3c3ccc(Oc4cccc(N5CN(c6cc(C(C)(C)C)cc(C(C)(C)C)c6)c6ccccc65)c4)cc32)c1. The third kappa shape index (κ3) is 8.26. The van der Waals surface area contributed by atoms with Crippen molar-refractivity contribution < 1.29 is 8.85 Å². The molecule has 0 radical (unpaired) electrons. The Morgan fingerprint density at radius 3 is 1.82 bits per heavy atom. The third-order valence-electron chi connectivity index (χ3n) is 13.4. The van der Waals surface area contributed by atoms with E-state index in [0.29, 0.717) is 29.4 Å². The van der Waals surface area contributed by atoms with E-state index in [2.05, 4.69) is 198 Å². The molecule has 0 fully saturated rings. The molecule has 0 atom stereocenters. The number of para-hydroxylation sites is 2. The number of anilines is 4. The van der Waals surface area contributed by atoms with Gasteiger partial charge in [0.25, 0.3) is 0 Å². The van der Waals surface area contributed by atoms with Crippen molar-refractivity contribution in [1.82, 2.24) is 9.55 Å². The van der Waals surface area contributed by atoms with Gasteiger partial charge in [-0.25, -0.2) is 4.98 Å². The molecule has 1 aliphatic rings. The fraction of sp³-hybridized carbons (Fsp3) is 0.242. The lowest BCUT2D eigenvalue weighted by Gasteiger charge is -2.29. The van der Waals surface area contributed by atoms with Gasteiger partial charge in [0.15, 0.2) is 0 Å². The molecule has 9 aromatic rings. The summed E-state index contributed by atoms with van der Waals surface area (Å²) in [5, 5.41) is 2.12. The first-order valence-corrected chi connectivity index (χ1v) is 23.5. The molecule has 0 saturated carbocycles. The van der Waals surface area contributed by atoms with Gasteiger partial charge in [-0.1, -0.05) is 135 Å². The van der Waals surface area contributed by atoms with Crippen LogP contribution in [0.15, 0.2) is 164 Å². The minimum atomic E-state index is -2.32. The fourth-order valence-corrected chi connectivity index (χ4v) is 9.56. The number of ether oxygens (including phenoxy) is 1. The van der Waals surface area contributed by atoms with Crippen LogP contribution in [0.5, 0.6) is 11.5 Å². The zero-order valence-electron chi connectivity index (χ0n) is 43.5. The van der Waals surface area contributed by atoms with Gasteiger partial charge in [-0.3, -0.25) is 4.57 Å². The molecule has 2 aromatic heterocycles. The first-order chi connectivity index (χ1) is 33.1. The topological polar surface area (TPSA) is 33.5 Å². The lowest BCUT2D eigenvalue weighted by Crippen LogP contribution is -2.25. The van der Waals surface area contributed by atoms with E-state index in [-0.39, 0.29) is 16.2 Å². The van der Waals surface area contributed by atoms with Crippen LogP contribution in [-0.2, 0) is 16.2 Å². The van der Waals surface area contributed by atoms with Gasteiger partial charge in [-0.15, -0.1) is 0 Å². The van der Waals surface area contributed by atoms with Crippen LogP contribution < -0.4 is 14.5 Å². The molecule has 3 heterocycles. The Labute approximate surface area is 401 Å². The summed E-state index contributed by atoms with van der Waals surface area (Å²) >= 11 is 0. The van der Waals surface area contributed by atoms with Crippen molar-refractivity contribution in [2.75, 3.05) is 16.5 Å². The number of rotatable bonds is 7. The second kappa shape index (κ2) is 16.3. The highest BCUT2D eigenvalue weighted by atomic mass is 16.5. The number of nitrogens with zero attached hydrogens (tertiary/aromatic N) is 4. The summed E-state index contributed by atoms with van der Waals surface area (Å²) in [6.07, 6.45) is 1.79. The highest BCUT2D eigenvalue weighted by Gasteiger charge is 2.30. The van der Waals surface area contributed by atoms with E-state index in [1.807, 2.05) is 43.3 Å². The Morgan fingerprint density at radius 1 is 0.493 bits per heavy atom. The van der Waals surface area contributed by atoms with Crippen LogP contribution in [-0.4, -0.2) is 16.2 Å². The number of pyridine rings is 1. The average molecular weight is 882 g/mol. The Balaban J connectivity index is 1.06. The molecule has 0 aliphatic carbocycles. The molecule has 10 rings (SSSR count). The zero-order valence-corrected chi connectivity index (χ0v) is 40.5. The maximum Gasteiger partial charge on any atom is 0.138 e. The minimum absolute atomic E-state index is 0.00685. The van der Waals surface area contributed by atoms with Crippen molar-refractivity contribution in [1.29, 1.82) is 0 Å². The van der Waals surface area contributed by atoms with Crippen molar-refractivity contribution in [2.45, 2.75) is 92.3 Å². The lowest BCUT2D eigenvalue weighted by atomic mass is 9.80. The quantitative estimate of drug-likeness (QED) is 0.160. The number of hydrogen-bond donors (Lipinski definition) is 0. The molecule has 5 nitrogen and oxygen atoms in total. The number of aryl methyl sites for hydroxylation is 2. The molecular weight excluding hydrogens is 817 g/mol. The van der Waals surface area contributed by atoms with E-state index in [4.69, 9.17) is 13.8 Å². The molecule has 0 saturated heterocycles. The average Bonchev–Trinajstić information content (AvgIpc) is 3.86. The van der Waals surface area contributed by atoms with Crippen LogP contribution in [0.25, 0.3) is 49.9 Å². The van der Waals surface area contributed by atoms with Gasteiger partial charge in [-0.2, -0.15) is 0 Å². The van der Waals surface area contributed by atoms with Gasteiger partial charge in [0.1, 0.15) is 24.0 Å². The van der Waals surface area contributed by atoms with E-state index < -0.39 is 6.85 Å². The number of benzene rings is 7. The summed E-state index contributed by atoms with van der Waals surface area (Å²) < 4.78 is 35.0. The van der Waals surface area contributed by atoms with E-state index in [0.717, 1.165) is 72.4 Å². The van der Waals surface area contributed by atoms with Crippen LogP contribution >= 0.6 is 0 Å². The first kappa shape index (κ1) is 40.2. The predicted molar refractivity (Wildman–Crippen MR) is 284 cm³/mol. The van der Waals surface area contributed by atoms with Crippen molar-refractivity contribution in [2.24, 2.45) is 0 Å². The smallest absolute Gasteiger partial charge is 0.138 e. The van der Waals surface area contributed by atoms with Gasteiger partial charge in [0.2, 0.25) is 0 Å².